The van der Waals surface area contributed by atoms with Crippen molar-refractivity contribution in [2.24, 2.45) is 18.9 Å². The quantitative estimate of drug-likeness (QED) is 0.326. The monoisotopic (exact) mass is 555 g/mol. The van der Waals surface area contributed by atoms with Gasteiger partial charge in [-0.3, -0.25) is 14.6 Å². The van der Waals surface area contributed by atoms with Crippen molar-refractivity contribution in [3.05, 3.63) is 40.1 Å². The first-order valence-corrected chi connectivity index (χ1v) is 14.4. The van der Waals surface area contributed by atoms with Gasteiger partial charge in [0.1, 0.15) is 11.3 Å². The standard InChI is InChI=1S/C28H43N7O2.CH2O2/c1-20(2)12-17-34(18-13-21(3)4)27(36)22-10-11-24-29-25(26-30-28(37)32(5)31-26)23(35(24)19-22)9-8-16-33-14-6-7-15-33;2-1-3/h10-11,19-21H,6-9,12-18H2,1-5H3,(H,30,31,37);1H,(H,2,3). The van der Waals surface area contributed by atoms with Gasteiger partial charge in [-0.1, -0.05) is 27.7 Å². The molecule has 11 nitrogen and oxygen atoms in total. The van der Waals surface area contributed by atoms with Crippen molar-refractivity contribution in [3.8, 4) is 11.5 Å². The molecule has 0 saturated carbocycles. The smallest absolute Gasteiger partial charge is 0.343 e. The number of amides is 1. The number of hydrogen-bond acceptors (Lipinski definition) is 6. The normalized spacial score (nSPS) is 13.7. The number of carbonyl (C=O) groups excluding carboxylic acids is 1. The number of likely N-dealkylation sites (tertiary alicyclic amines) is 1. The van der Waals surface area contributed by atoms with Gasteiger partial charge in [-0.05, 0) is 82.1 Å². The molecule has 0 aromatic carbocycles. The molecular weight excluding hydrogens is 510 g/mol. The van der Waals surface area contributed by atoms with E-state index in [1.807, 2.05) is 27.6 Å². The summed E-state index contributed by atoms with van der Waals surface area (Å²) in [5, 5.41) is 11.3. The third kappa shape index (κ3) is 8.27. The number of carboxylic acid groups (broad SMARTS) is 1. The second-order valence-electron chi connectivity index (χ2n) is 11.4. The maximum absolute atomic E-state index is 13.7. The number of imidazole rings is 1. The van der Waals surface area contributed by atoms with E-state index in [9.17, 15) is 9.59 Å². The summed E-state index contributed by atoms with van der Waals surface area (Å²) in [6.07, 6.45) is 8.19. The Balaban J connectivity index is 0.00000141. The van der Waals surface area contributed by atoms with E-state index >= 15 is 0 Å². The number of H-pyrrole nitrogens is 1. The van der Waals surface area contributed by atoms with E-state index < -0.39 is 0 Å². The molecule has 1 aliphatic rings. The van der Waals surface area contributed by atoms with Gasteiger partial charge in [0.25, 0.3) is 12.4 Å². The molecule has 0 bridgehead atoms. The second-order valence-corrected chi connectivity index (χ2v) is 11.4. The molecule has 1 aliphatic heterocycles. The van der Waals surface area contributed by atoms with Crippen molar-refractivity contribution < 1.29 is 14.7 Å². The summed E-state index contributed by atoms with van der Waals surface area (Å²) in [7, 11) is 1.63. The van der Waals surface area contributed by atoms with Crippen LogP contribution in [0.3, 0.4) is 0 Å². The van der Waals surface area contributed by atoms with Gasteiger partial charge >= 0.3 is 5.69 Å². The Morgan fingerprint density at radius 2 is 1.75 bits per heavy atom. The lowest BCUT2D eigenvalue weighted by atomic mass is 10.1. The molecule has 0 radical (unpaired) electrons. The first-order chi connectivity index (χ1) is 19.1. The van der Waals surface area contributed by atoms with Crippen molar-refractivity contribution in [1.82, 2.24) is 33.9 Å². The van der Waals surface area contributed by atoms with Crippen molar-refractivity contribution in [3.63, 3.8) is 0 Å². The first-order valence-electron chi connectivity index (χ1n) is 14.4. The number of nitrogens with one attached hydrogen (secondary N) is 1. The Morgan fingerprint density at radius 3 is 2.30 bits per heavy atom. The zero-order valence-corrected chi connectivity index (χ0v) is 24.6. The minimum absolute atomic E-state index is 0.0627. The Bertz CT molecular complexity index is 1290. The summed E-state index contributed by atoms with van der Waals surface area (Å²) in [5.41, 5.74) is 2.82. The lowest BCUT2D eigenvalue weighted by molar-refractivity contribution is -0.122. The Hall–Kier alpha value is -3.47. The van der Waals surface area contributed by atoms with Crippen LogP contribution in [0.4, 0.5) is 0 Å². The molecule has 1 saturated heterocycles. The molecule has 4 heterocycles. The van der Waals surface area contributed by atoms with Crippen LogP contribution in [-0.4, -0.2) is 84.2 Å². The number of hydrogen-bond donors (Lipinski definition) is 2. The SMILES string of the molecule is CC(C)CCN(CCC(C)C)C(=O)c1ccc2nc(-c3nn(C)c(=O)[nH]3)c(CCCN3CCCC3)n2c1.O=CO. The largest absolute Gasteiger partial charge is 0.483 e. The van der Waals surface area contributed by atoms with Crippen molar-refractivity contribution in [1.29, 1.82) is 0 Å². The highest BCUT2D eigenvalue weighted by Crippen LogP contribution is 2.24. The number of fused-ring (bicyclic) bond motifs is 1. The van der Waals surface area contributed by atoms with Crippen LogP contribution in [0, 0.1) is 11.8 Å². The Labute approximate surface area is 236 Å². The van der Waals surface area contributed by atoms with Gasteiger partial charge in [-0.15, -0.1) is 5.10 Å². The zero-order valence-electron chi connectivity index (χ0n) is 24.6. The predicted octanol–water partition coefficient (Wildman–Crippen LogP) is 3.69. The molecule has 4 rings (SSSR count). The fraction of sp³-hybridized carbons (Fsp3) is 0.621. The van der Waals surface area contributed by atoms with E-state index in [0.29, 0.717) is 28.9 Å². The zero-order chi connectivity index (χ0) is 29.2. The highest BCUT2D eigenvalue weighted by Gasteiger charge is 2.22. The third-order valence-corrected chi connectivity index (χ3v) is 7.28. The first kappa shape index (κ1) is 31.1. The van der Waals surface area contributed by atoms with Crippen LogP contribution in [0.25, 0.3) is 17.2 Å². The fourth-order valence-corrected chi connectivity index (χ4v) is 4.96. The molecule has 0 unspecified atom stereocenters. The van der Waals surface area contributed by atoms with Gasteiger partial charge in [-0.25, -0.2) is 14.5 Å². The van der Waals surface area contributed by atoms with E-state index in [4.69, 9.17) is 14.9 Å². The van der Waals surface area contributed by atoms with Gasteiger partial charge < -0.3 is 19.3 Å². The molecule has 1 amide bonds. The van der Waals surface area contributed by atoms with E-state index in [1.54, 1.807) is 7.05 Å². The highest BCUT2D eigenvalue weighted by molar-refractivity contribution is 5.94. The molecule has 40 heavy (non-hydrogen) atoms. The van der Waals surface area contributed by atoms with Crippen LogP contribution in [0.15, 0.2) is 23.1 Å². The molecule has 3 aromatic rings. The molecule has 2 N–H and O–H groups in total. The number of aryl methyl sites for hydroxylation is 2. The summed E-state index contributed by atoms with van der Waals surface area (Å²) in [4.78, 5) is 46.3. The van der Waals surface area contributed by atoms with E-state index in [1.165, 1.54) is 17.5 Å². The van der Waals surface area contributed by atoms with Crippen molar-refractivity contribution in [2.75, 3.05) is 32.7 Å². The second kappa shape index (κ2) is 14.8. The average Bonchev–Trinajstić information content (AvgIpc) is 3.63. The number of rotatable bonds is 12. The lowest BCUT2D eigenvalue weighted by Crippen LogP contribution is -2.34. The summed E-state index contributed by atoms with van der Waals surface area (Å²) < 4.78 is 3.33. The molecule has 0 spiro atoms. The molecule has 3 aromatic heterocycles. The summed E-state index contributed by atoms with van der Waals surface area (Å²) in [6, 6.07) is 3.78. The molecule has 0 aliphatic carbocycles. The maximum Gasteiger partial charge on any atom is 0.343 e. The molecule has 220 valence electrons. The highest BCUT2D eigenvalue weighted by atomic mass is 16.3. The molecule has 0 atom stereocenters. The number of pyridine rings is 1. The van der Waals surface area contributed by atoms with E-state index in [-0.39, 0.29) is 18.1 Å². The van der Waals surface area contributed by atoms with E-state index in [0.717, 1.165) is 69.7 Å². The number of carbonyl (C=O) groups is 2. The Morgan fingerprint density at radius 1 is 1.12 bits per heavy atom. The number of aromatic nitrogens is 5. The van der Waals surface area contributed by atoms with Crippen molar-refractivity contribution >= 4 is 18.0 Å². The summed E-state index contributed by atoms with van der Waals surface area (Å²) >= 11 is 0. The van der Waals surface area contributed by atoms with Crippen LogP contribution in [0.1, 0.15) is 75.9 Å². The maximum atomic E-state index is 13.7. The molecule has 1 fully saturated rings. The van der Waals surface area contributed by atoms with Gasteiger partial charge in [0.15, 0.2) is 5.82 Å². The van der Waals surface area contributed by atoms with Crippen LogP contribution < -0.4 is 5.69 Å². The topological polar surface area (TPSA) is 129 Å². The Kier molecular flexibility index (Phi) is 11.5. The van der Waals surface area contributed by atoms with Crippen molar-refractivity contribution in [2.45, 2.75) is 66.2 Å². The van der Waals surface area contributed by atoms with Gasteiger partial charge in [0, 0.05) is 26.3 Å². The minimum atomic E-state index is -0.267. The van der Waals surface area contributed by atoms with Gasteiger partial charge in [0.05, 0.1) is 11.3 Å². The molecular formula is C29H45N7O4. The lowest BCUT2D eigenvalue weighted by Gasteiger charge is -2.24. The van der Waals surface area contributed by atoms with Crippen LogP contribution in [0.5, 0.6) is 0 Å². The van der Waals surface area contributed by atoms with Crippen LogP contribution in [-0.2, 0) is 18.3 Å². The average molecular weight is 556 g/mol. The summed E-state index contributed by atoms with van der Waals surface area (Å²) in [5.74, 6) is 1.61. The fourth-order valence-electron chi connectivity index (χ4n) is 4.96. The van der Waals surface area contributed by atoms with E-state index in [2.05, 4.69) is 42.7 Å². The summed E-state index contributed by atoms with van der Waals surface area (Å²) in [6.45, 7) is 13.4. The van der Waals surface area contributed by atoms with Gasteiger partial charge in [0.2, 0.25) is 0 Å². The van der Waals surface area contributed by atoms with Crippen LogP contribution in [0.2, 0.25) is 0 Å². The molecule has 11 heteroatoms. The van der Waals surface area contributed by atoms with Gasteiger partial charge in [-0.2, -0.15) is 0 Å². The predicted molar refractivity (Wildman–Crippen MR) is 156 cm³/mol. The minimum Gasteiger partial charge on any atom is -0.483 e. The van der Waals surface area contributed by atoms with Crippen LogP contribution >= 0.6 is 0 Å². The third-order valence-electron chi connectivity index (χ3n) is 7.28. The number of nitrogens with zero attached hydrogens (tertiary/aromatic N) is 6. The number of aromatic amines is 1.